The fourth-order valence-electron chi connectivity index (χ4n) is 1.71. The summed E-state index contributed by atoms with van der Waals surface area (Å²) in [5.41, 5.74) is 0.536. The van der Waals surface area contributed by atoms with E-state index in [1.807, 2.05) is 0 Å². The van der Waals surface area contributed by atoms with Gasteiger partial charge in [0.25, 0.3) is 0 Å². The third kappa shape index (κ3) is 4.03. The minimum Gasteiger partial charge on any atom is -0.497 e. The number of benzene rings is 1. The van der Waals surface area contributed by atoms with Crippen LogP contribution >= 0.6 is 0 Å². The fourth-order valence-corrected chi connectivity index (χ4v) is 1.71. The molecule has 0 aliphatic heterocycles. The Morgan fingerprint density at radius 3 is 3.00 bits per heavy atom. The number of nitrogens with one attached hydrogen (secondary N) is 1. The Morgan fingerprint density at radius 1 is 1.52 bits per heavy atom. The number of hydrogen-bond acceptors (Lipinski definition) is 5. The monoisotopic (exact) mass is 290 g/mol. The molecular formula is C13H14N4O4. The maximum atomic E-state index is 11.8. The highest BCUT2D eigenvalue weighted by Gasteiger charge is 2.10. The molecule has 0 fully saturated rings. The molecule has 0 saturated carbocycles. The summed E-state index contributed by atoms with van der Waals surface area (Å²) in [4.78, 5) is 21.8. The average Bonchev–Trinajstić information content (AvgIpc) is 2.94. The second kappa shape index (κ2) is 6.51. The number of amides is 1. The lowest BCUT2D eigenvalue weighted by Crippen LogP contribution is -2.14. The van der Waals surface area contributed by atoms with Crippen molar-refractivity contribution in [1.82, 2.24) is 9.78 Å². The third-order valence-corrected chi connectivity index (χ3v) is 2.75. The van der Waals surface area contributed by atoms with E-state index in [2.05, 4.69) is 10.4 Å². The van der Waals surface area contributed by atoms with Gasteiger partial charge in [-0.3, -0.25) is 19.6 Å². The Morgan fingerprint density at radius 2 is 2.33 bits per heavy atom. The minimum absolute atomic E-state index is 0.0943. The zero-order valence-electron chi connectivity index (χ0n) is 11.4. The minimum atomic E-state index is -0.528. The van der Waals surface area contributed by atoms with Gasteiger partial charge in [0, 0.05) is 24.7 Å². The molecule has 2 aromatic rings. The van der Waals surface area contributed by atoms with Crippen LogP contribution in [0.3, 0.4) is 0 Å². The predicted molar refractivity (Wildman–Crippen MR) is 75.1 cm³/mol. The molecule has 0 saturated heterocycles. The Kier molecular flexibility index (Phi) is 4.50. The zero-order valence-corrected chi connectivity index (χ0v) is 11.4. The van der Waals surface area contributed by atoms with Crippen molar-refractivity contribution >= 4 is 17.3 Å². The third-order valence-electron chi connectivity index (χ3n) is 2.75. The van der Waals surface area contributed by atoms with Crippen LogP contribution in [0, 0.1) is 10.1 Å². The van der Waals surface area contributed by atoms with E-state index < -0.39 is 4.92 Å². The molecule has 0 atom stereocenters. The number of ether oxygens (including phenoxy) is 1. The zero-order chi connectivity index (χ0) is 15.2. The van der Waals surface area contributed by atoms with E-state index >= 15 is 0 Å². The number of nitrogens with zero attached hydrogens (tertiary/aromatic N) is 3. The maximum absolute atomic E-state index is 11.8. The molecule has 0 aliphatic carbocycles. The lowest BCUT2D eigenvalue weighted by atomic mass is 10.3. The van der Waals surface area contributed by atoms with Crippen LogP contribution in [0.25, 0.3) is 0 Å². The first kappa shape index (κ1) is 14.5. The second-order valence-electron chi connectivity index (χ2n) is 4.25. The maximum Gasteiger partial charge on any atom is 0.306 e. The molecule has 1 aromatic heterocycles. The molecule has 2 rings (SSSR count). The van der Waals surface area contributed by atoms with Gasteiger partial charge in [0.1, 0.15) is 18.1 Å². The molecule has 8 nitrogen and oxygen atoms in total. The van der Waals surface area contributed by atoms with Gasteiger partial charge >= 0.3 is 5.69 Å². The average molecular weight is 290 g/mol. The number of aromatic nitrogens is 2. The van der Waals surface area contributed by atoms with Crippen molar-refractivity contribution in [2.45, 2.75) is 13.0 Å². The van der Waals surface area contributed by atoms with Crippen LogP contribution in [0.15, 0.2) is 36.7 Å². The Hall–Kier alpha value is -2.90. The van der Waals surface area contributed by atoms with Crippen molar-refractivity contribution in [3.05, 3.63) is 46.8 Å². The van der Waals surface area contributed by atoms with Gasteiger partial charge in [-0.25, -0.2) is 0 Å². The van der Waals surface area contributed by atoms with Gasteiger partial charge in [-0.05, 0) is 12.1 Å². The van der Waals surface area contributed by atoms with Gasteiger partial charge in [-0.1, -0.05) is 6.07 Å². The van der Waals surface area contributed by atoms with E-state index in [9.17, 15) is 14.9 Å². The summed E-state index contributed by atoms with van der Waals surface area (Å²) >= 11 is 0. The Bertz CT molecular complexity index is 653. The van der Waals surface area contributed by atoms with E-state index in [1.165, 1.54) is 10.9 Å². The quantitative estimate of drug-likeness (QED) is 0.646. The van der Waals surface area contributed by atoms with E-state index in [0.717, 1.165) is 6.20 Å². The molecular weight excluding hydrogens is 276 g/mol. The summed E-state index contributed by atoms with van der Waals surface area (Å²) in [6, 6.07) is 7.00. The van der Waals surface area contributed by atoms with Crippen LogP contribution in [0.1, 0.15) is 6.42 Å². The molecule has 0 aliphatic rings. The highest BCUT2D eigenvalue weighted by molar-refractivity contribution is 5.90. The topological polar surface area (TPSA) is 99.3 Å². The number of nitro groups is 1. The molecule has 1 amide bonds. The van der Waals surface area contributed by atoms with E-state index in [-0.39, 0.29) is 24.6 Å². The van der Waals surface area contributed by atoms with E-state index in [4.69, 9.17) is 4.74 Å². The molecule has 8 heteroatoms. The van der Waals surface area contributed by atoms with Crippen LogP contribution in [-0.2, 0) is 11.3 Å². The number of aryl methyl sites for hydroxylation is 1. The predicted octanol–water partition coefficient (Wildman–Crippen LogP) is 1.83. The fraction of sp³-hybridized carbons (Fsp3) is 0.231. The van der Waals surface area contributed by atoms with Gasteiger partial charge in [-0.2, -0.15) is 5.10 Å². The number of carbonyl (C=O) groups is 1. The molecule has 21 heavy (non-hydrogen) atoms. The number of rotatable bonds is 6. The van der Waals surface area contributed by atoms with Crippen molar-refractivity contribution in [1.29, 1.82) is 0 Å². The van der Waals surface area contributed by atoms with Crippen LogP contribution in [0.2, 0.25) is 0 Å². The molecule has 1 N–H and O–H groups in total. The van der Waals surface area contributed by atoms with Gasteiger partial charge in [0.15, 0.2) is 0 Å². The lowest BCUT2D eigenvalue weighted by Gasteiger charge is -2.07. The summed E-state index contributed by atoms with van der Waals surface area (Å²) in [5.74, 6) is 0.442. The van der Waals surface area contributed by atoms with Crippen molar-refractivity contribution in [3.63, 3.8) is 0 Å². The first-order valence-electron chi connectivity index (χ1n) is 6.19. The molecule has 0 spiro atoms. The van der Waals surface area contributed by atoms with Crippen molar-refractivity contribution < 1.29 is 14.5 Å². The van der Waals surface area contributed by atoms with Gasteiger partial charge in [0.05, 0.1) is 12.0 Å². The molecule has 0 unspecified atom stereocenters. The number of methoxy groups -OCH3 is 1. The van der Waals surface area contributed by atoms with Crippen LogP contribution in [0.5, 0.6) is 5.75 Å². The van der Waals surface area contributed by atoms with Gasteiger partial charge < -0.3 is 10.1 Å². The first-order chi connectivity index (χ1) is 10.1. The SMILES string of the molecule is COc1cccc(NC(=O)CCn2cc([N+](=O)[O-])cn2)c1. The van der Waals surface area contributed by atoms with Crippen molar-refractivity contribution in [2.24, 2.45) is 0 Å². The molecule has 110 valence electrons. The summed E-state index contributed by atoms with van der Waals surface area (Å²) in [6.07, 6.45) is 2.61. The smallest absolute Gasteiger partial charge is 0.306 e. The van der Waals surface area contributed by atoms with Crippen LogP contribution in [0.4, 0.5) is 11.4 Å². The largest absolute Gasteiger partial charge is 0.497 e. The summed E-state index contributed by atoms with van der Waals surface area (Å²) in [6.45, 7) is 0.268. The summed E-state index contributed by atoms with van der Waals surface area (Å²) < 4.78 is 6.43. The highest BCUT2D eigenvalue weighted by atomic mass is 16.6. The summed E-state index contributed by atoms with van der Waals surface area (Å²) in [7, 11) is 1.55. The number of anilines is 1. The number of carbonyl (C=O) groups excluding carboxylic acids is 1. The van der Waals surface area contributed by atoms with Crippen LogP contribution in [-0.4, -0.2) is 27.7 Å². The lowest BCUT2D eigenvalue weighted by molar-refractivity contribution is -0.385. The van der Waals surface area contributed by atoms with E-state index in [0.29, 0.717) is 11.4 Å². The Balaban J connectivity index is 1.87. The number of hydrogen-bond donors (Lipinski definition) is 1. The molecule has 0 bridgehead atoms. The van der Waals surface area contributed by atoms with Crippen molar-refractivity contribution in [2.75, 3.05) is 12.4 Å². The van der Waals surface area contributed by atoms with Crippen molar-refractivity contribution in [3.8, 4) is 5.75 Å². The molecule has 0 radical (unpaired) electrons. The normalized spacial score (nSPS) is 10.1. The molecule has 1 heterocycles. The summed E-state index contributed by atoms with van der Waals surface area (Å²) in [5, 5.41) is 17.1. The Labute approximate surface area is 120 Å². The van der Waals surface area contributed by atoms with Gasteiger partial charge in [-0.15, -0.1) is 0 Å². The highest BCUT2D eigenvalue weighted by Crippen LogP contribution is 2.17. The second-order valence-corrected chi connectivity index (χ2v) is 4.25. The first-order valence-corrected chi connectivity index (χ1v) is 6.19. The standard InChI is InChI=1S/C13H14N4O4/c1-21-12-4-2-3-10(7-12)15-13(18)5-6-16-9-11(8-14-16)17(19)20/h2-4,7-9H,5-6H2,1H3,(H,15,18). The van der Waals surface area contributed by atoms with Crippen LogP contribution < -0.4 is 10.1 Å². The van der Waals surface area contributed by atoms with Gasteiger partial charge in [0.2, 0.25) is 5.91 Å². The van der Waals surface area contributed by atoms with E-state index in [1.54, 1.807) is 31.4 Å². The molecule has 1 aromatic carbocycles.